The van der Waals surface area contributed by atoms with E-state index in [2.05, 4.69) is 80.7 Å². The van der Waals surface area contributed by atoms with Gasteiger partial charge in [0.25, 0.3) is 0 Å². The largest absolute Gasteiger partial charge is 0.361 e. The van der Waals surface area contributed by atoms with Crippen molar-refractivity contribution >= 4 is 29.1 Å². The maximum Gasteiger partial charge on any atom is 0.329 e. The predicted molar refractivity (Wildman–Crippen MR) is 184 cm³/mol. The van der Waals surface area contributed by atoms with Gasteiger partial charge in [0.1, 0.15) is 11.6 Å². The molecule has 2 aromatic carbocycles. The van der Waals surface area contributed by atoms with Crippen molar-refractivity contribution in [2.45, 2.75) is 64.8 Å². The number of nitriles is 1. The van der Waals surface area contributed by atoms with E-state index < -0.39 is 6.03 Å². The number of amides is 3. The molecule has 10 heteroatoms. The second kappa shape index (κ2) is 12.9. The fourth-order valence-electron chi connectivity index (χ4n) is 7.14. The summed E-state index contributed by atoms with van der Waals surface area (Å²) in [6.45, 7) is 10.1. The second-order valence-corrected chi connectivity index (χ2v) is 13.6. The lowest BCUT2D eigenvalue weighted by Gasteiger charge is -2.36. The third kappa shape index (κ3) is 6.30. The van der Waals surface area contributed by atoms with Crippen LogP contribution in [0.1, 0.15) is 60.2 Å². The lowest BCUT2D eigenvalue weighted by molar-refractivity contribution is -0.120. The molecule has 0 radical (unpaired) electrons. The monoisotopic (exact) mass is 643 g/mol. The quantitative estimate of drug-likeness (QED) is 0.214. The molecule has 10 nitrogen and oxygen atoms in total. The molecule has 3 amide bonds. The first-order chi connectivity index (χ1) is 23.2. The summed E-state index contributed by atoms with van der Waals surface area (Å²) in [7, 11) is 0. The number of carbonyl (C=O) groups is 2. The van der Waals surface area contributed by atoms with Gasteiger partial charge in [0.15, 0.2) is 0 Å². The van der Waals surface area contributed by atoms with Gasteiger partial charge in [-0.1, -0.05) is 35.5 Å². The molecule has 2 saturated heterocycles. The van der Waals surface area contributed by atoms with Gasteiger partial charge in [-0.3, -0.25) is 19.9 Å². The molecule has 1 aliphatic carbocycles. The highest BCUT2D eigenvalue weighted by molar-refractivity contribution is 6.05. The summed E-state index contributed by atoms with van der Waals surface area (Å²) >= 11 is 0. The van der Waals surface area contributed by atoms with Crippen LogP contribution in [-0.4, -0.2) is 53.2 Å². The molecule has 3 fully saturated rings. The number of carbonyl (C=O) groups excluding carboxylic acids is 2. The zero-order valence-corrected chi connectivity index (χ0v) is 27.8. The number of hydrogen-bond acceptors (Lipinski definition) is 8. The number of pyridine rings is 1. The van der Waals surface area contributed by atoms with Crippen LogP contribution in [0.5, 0.6) is 0 Å². The zero-order valence-electron chi connectivity index (χ0n) is 27.8. The summed E-state index contributed by atoms with van der Waals surface area (Å²) in [5, 5.41) is 16.3. The SMILES string of the molecule is Cc1ccc(-c2c(C)noc2C)cc1N(CC1CCN(Cc2ccc(N3CCC(=O)NC3=O)nc2)CC1)c1ccc(C2(C#N)CC2)cc1. The van der Waals surface area contributed by atoms with Crippen LogP contribution in [0, 0.1) is 38.0 Å². The number of nitrogens with one attached hydrogen (secondary N) is 1. The number of likely N-dealkylation sites (tertiary alicyclic amines) is 1. The van der Waals surface area contributed by atoms with Crippen molar-refractivity contribution < 1.29 is 14.1 Å². The van der Waals surface area contributed by atoms with Crippen LogP contribution < -0.4 is 15.1 Å². The minimum Gasteiger partial charge on any atom is -0.361 e. The van der Waals surface area contributed by atoms with Gasteiger partial charge in [0, 0.05) is 49.2 Å². The van der Waals surface area contributed by atoms with Crippen LogP contribution in [0.25, 0.3) is 11.1 Å². The molecule has 0 bridgehead atoms. The van der Waals surface area contributed by atoms with E-state index in [0.29, 0.717) is 18.3 Å². The maximum atomic E-state index is 12.2. The fraction of sp³-hybridized carbons (Fsp3) is 0.395. The highest BCUT2D eigenvalue weighted by Crippen LogP contribution is 2.48. The summed E-state index contributed by atoms with van der Waals surface area (Å²) < 4.78 is 5.51. The van der Waals surface area contributed by atoms with Gasteiger partial charge >= 0.3 is 6.03 Å². The average molecular weight is 644 g/mol. The highest BCUT2D eigenvalue weighted by Gasteiger charge is 2.44. The maximum absolute atomic E-state index is 12.2. The number of aryl methyl sites for hydroxylation is 3. The molecule has 48 heavy (non-hydrogen) atoms. The number of aromatic nitrogens is 2. The van der Waals surface area contributed by atoms with Crippen LogP contribution in [0.2, 0.25) is 0 Å². The minimum absolute atomic E-state index is 0.250. The lowest BCUT2D eigenvalue weighted by atomic mass is 9.93. The number of hydrogen-bond donors (Lipinski definition) is 1. The van der Waals surface area contributed by atoms with E-state index in [9.17, 15) is 14.9 Å². The molecule has 1 saturated carbocycles. The van der Waals surface area contributed by atoms with Gasteiger partial charge in [0.05, 0.1) is 17.2 Å². The van der Waals surface area contributed by atoms with Crippen LogP contribution in [-0.2, 0) is 16.8 Å². The van der Waals surface area contributed by atoms with Gasteiger partial charge in [0.2, 0.25) is 5.91 Å². The van der Waals surface area contributed by atoms with Crippen molar-refractivity contribution in [3.63, 3.8) is 0 Å². The smallest absolute Gasteiger partial charge is 0.329 e. The Bertz CT molecular complexity index is 1840. The van der Waals surface area contributed by atoms with E-state index in [4.69, 9.17) is 4.52 Å². The number of urea groups is 1. The lowest BCUT2D eigenvalue weighted by Crippen LogP contribution is -2.49. The summed E-state index contributed by atoms with van der Waals surface area (Å²) in [6, 6.07) is 21.3. The number of nitrogens with zero attached hydrogens (tertiary/aromatic N) is 6. The Morgan fingerprint density at radius 2 is 1.79 bits per heavy atom. The van der Waals surface area contributed by atoms with E-state index >= 15 is 0 Å². The molecule has 7 rings (SSSR count). The van der Waals surface area contributed by atoms with E-state index in [0.717, 1.165) is 91.3 Å². The molecule has 2 aliphatic heterocycles. The molecule has 2 aromatic heterocycles. The number of rotatable bonds is 9. The molecule has 1 N–H and O–H groups in total. The molecule has 0 spiro atoms. The molecule has 0 atom stereocenters. The third-order valence-corrected chi connectivity index (χ3v) is 10.2. The Morgan fingerprint density at radius 1 is 1.02 bits per heavy atom. The summed E-state index contributed by atoms with van der Waals surface area (Å²) in [5.74, 6) is 1.62. The van der Waals surface area contributed by atoms with Gasteiger partial charge in [-0.15, -0.1) is 0 Å². The highest BCUT2D eigenvalue weighted by atomic mass is 16.5. The normalized spacial score (nSPS) is 18.0. The molecule has 4 heterocycles. The summed E-state index contributed by atoms with van der Waals surface area (Å²) in [5.41, 5.74) is 8.43. The Morgan fingerprint density at radius 3 is 2.42 bits per heavy atom. The van der Waals surface area contributed by atoms with Crippen LogP contribution in [0.3, 0.4) is 0 Å². The van der Waals surface area contributed by atoms with Crippen LogP contribution in [0.4, 0.5) is 22.0 Å². The molecular weight excluding hydrogens is 602 g/mol. The van der Waals surface area contributed by atoms with Gasteiger partial charge in [-0.25, -0.2) is 9.78 Å². The van der Waals surface area contributed by atoms with Crippen LogP contribution in [0.15, 0.2) is 65.3 Å². The van der Waals surface area contributed by atoms with Gasteiger partial charge in [-0.05, 0) is 112 Å². The first-order valence-corrected chi connectivity index (χ1v) is 16.8. The average Bonchev–Trinajstić information content (AvgIpc) is 3.83. The Kier molecular flexibility index (Phi) is 8.48. The topological polar surface area (TPSA) is 119 Å². The zero-order chi connectivity index (χ0) is 33.4. The first kappa shape index (κ1) is 31.6. The fourth-order valence-corrected chi connectivity index (χ4v) is 7.14. The Balaban J connectivity index is 1.06. The van der Waals surface area contributed by atoms with Crippen LogP contribution >= 0.6 is 0 Å². The number of imide groups is 1. The minimum atomic E-state index is -0.418. The van der Waals surface area contributed by atoms with Crippen molar-refractivity contribution in [1.29, 1.82) is 5.26 Å². The molecule has 0 unspecified atom stereocenters. The van der Waals surface area contributed by atoms with Gasteiger partial charge < -0.3 is 9.42 Å². The van der Waals surface area contributed by atoms with E-state index in [-0.39, 0.29) is 17.7 Å². The molecule has 3 aliphatic rings. The number of anilines is 3. The number of piperidine rings is 1. The Labute approximate surface area is 281 Å². The second-order valence-electron chi connectivity index (χ2n) is 13.6. The van der Waals surface area contributed by atoms with Crippen molar-refractivity contribution in [1.82, 2.24) is 20.4 Å². The Hall–Kier alpha value is -5.01. The summed E-state index contributed by atoms with van der Waals surface area (Å²) in [4.78, 5) is 34.7. The van der Waals surface area contributed by atoms with Crippen molar-refractivity contribution in [2.75, 3.05) is 36.0 Å². The summed E-state index contributed by atoms with van der Waals surface area (Å²) in [6.07, 6.45) is 6.12. The predicted octanol–water partition coefficient (Wildman–Crippen LogP) is 6.71. The van der Waals surface area contributed by atoms with Crippen molar-refractivity contribution in [3.05, 3.63) is 88.9 Å². The standard InChI is InChI=1S/C38H41N7O3/c1-25-4-6-30(36-26(2)42-48-27(36)3)20-33(25)45(32-9-7-31(8-10-32)38(24-39)15-16-38)23-28-12-17-43(18-13-28)22-29-5-11-34(40-21-29)44-19-14-35(46)41-37(44)47/h4-11,20-21,28H,12-19,22-23H2,1-3H3,(H,41,46,47). The van der Waals surface area contributed by atoms with E-state index in [1.165, 1.54) is 16.2 Å². The van der Waals surface area contributed by atoms with Crippen molar-refractivity contribution in [2.24, 2.45) is 5.92 Å². The molecular formula is C38H41N7O3. The van der Waals surface area contributed by atoms with Gasteiger partial charge in [-0.2, -0.15) is 5.26 Å². The van der Waals surface area contributed by atoms with E-state index in [1.54, 1.807) is 0 Å². The number of benzene rings is 2. The first-order valence-electron chi connectivity index (χ1n) is 16.8. The van der Waals surface area contributed by atoms with Crippen molar-refractivity contribution in [3.8, 4) is 17.2 Å². The third-order valence-electron chi connectivity index (χ3n) is 10.2. The van der Waals surface area contributed by atoms with E-state index in [1.807, 2.05) is 32.2 Å². The molecule has 246 valence electrons. The molecule has 4 aromatic rings.